The van der Waals surface area contributed by atoms with Crippen LogP contribution < -0.4 is 40.6 Å². The van der Waals surface area contributed by atoms with Crippen molar-refractivity contribution < 1.29 is 60.0 Å². The zero-order valence-corrected chi connectivity index (χ0v) is 48.0. The van der Waals surface area contributed by atoms with E-state index in [4.69, 9.17) is 18.9 Å². The number of esters is 1. The van der Waals surface area contributed by atoms with Crippen LogP contribution in [0.1, 0.15) is 59.9 Å². The van der Waals surface area contributed by atoms with Crippen molar-refractivity contribution in [2.75, 3.05) is 43.9 Å². The zero-order valence-electron chi connectivity index (χ0n) is 44.8. The number of carbonyl (C=O) groups is 3. The molecule has 0 saturated heterocycles. The van der Waals surface area contributed by atoms with E-state index in [0.29, 0.717) is 47.2 Å². The van der Waals surface area contributed by atoms with Crippen molar-refractivity contribution in [3.05, 3.63) is 208 Å². The fourth-order valence-corrected chi connectivity index (χ4v) is 8.93. The summed E-state index contributed by atoms with van der Waals surface area (Å²) in [6.07, 6.45) is 1.94. The lowest BCUT2D eigenvalue weighted by atomic mass is 10.0. The summed E-state index contributed by atoms with van der Waals surface area (Å²) in [5, 5.41) is 30.3. The Labute approximate surface area is 489 Å². The maximum absolute atomic E-state index is 13.1. The molecule has 0 spiro atoms. The molecule has 81 heavy (non-hydrogen) atoms. The maximum atomic E-state index is 13.1. The molecule has 0 saturated carbocycles. The first-order valence-corrected chi connectivity index (χ1v) is 25.8. The first-order valence-electron chi connectivity index (χ1n) is 24.3. The smallest absolute Gasteiger partial charge is 0.311 e. The average Bonchev–Trinajstić information content (AvgIpc) is 3.43. The number of hydrogen-bond acceptors (Lipinski definition) is 11. The first kappa shape index (κ1) is 68.6. The highest BCUT2D eigenvalue weighted by molar-refractivity contribution is 9.10. The normalized spacial score (nSPS) is 9.86. The third-order valence-electron chi connectivity index (χ3n) is 12.1. The van der Waals surface area contributed by atoms with Crippen molar-refractivity contribution in [2.24, 2.45) is 0 Å². The van der Waals surface area contributed by atoms with E-state index >= 15 is 0 Å². The zero-order chi connectivity index (χ0) is 54.1. The molecule has 428 valence electrons. The number of unbranched alkanes of at least 4 members (excludes halogenated alkanes) is 1. The molecule has 0 aromatic heterocycles. The van der Waals surface area contributed by atoms with Crippen LogP contribution in [0.2, 0.25) is 0 Å². The summed E-state index contributed by atoms with van der Waals surface area (Å²) in [5.41, 5.74) is 4.92. The minimum Gasteiger partial charge on any atom is -0.508 e. The Morgan fingerprint density at radius 2 is 1.05 bits per heavy atom. The van der Waals surface area contributed by atoms with Gasteiger partial charge in [0.25, 0.3) is 11.8 Å². The van der Waals surface area contributed by atoms with Crippen molar-refractivity contribution in [3.63, 3.8) is 0 Å². The van der Waals surface area contributed by atoms with Crippen LogP contribution in [0.4, 0.5) is 17.1 Å². The van der Waals surface area contributed by atoms with Crippen molar-refractivity contribution in [1.29, 1.82) is 0 Å². The van der Waals surface area contributed by atoms with Crippen LogP contribution in [0, 0.1) is 0 Å². The molecule has 18 heteroatoms. The van der Waals surface area contributed by atoms with Gasteiger partial charge in [-0.2, -0.15) is 0 Å². The fourth-order valence-electron chi connectivity index (χ4n) is 8.17. The average molecular weight is 1240 g/mol. The standard InChI is InChI=1S/C23H22BrNO4.C20H17NO3.C19H18BrNO2.CH4.H3N.3H2O/c1-3-4-9-22(26)29-21-14-15-10-11-17(24)12-16(15)13-18(21)23(27)25-19-7-5-6-8-20(19)28-2;1-24-18-13-6-5-12-17(18)21-20(23)16-11-7-10-15(19(16)22)14-8-3-2-4-9-14;1-21(17-5-3-4-6-19(17)23-2)12-15-9-14-10-16(20)8-7-13(14)11-18(15)22;;;;;/h5-8,10-14H,3-4,9H2,1-2H3,(H,25,27);2-13,22H,1H3,(H,21,23);3-11,22H,12H2,1-2H3;1H4;1H3;3*1H2. The van der Waals surface area contributed by atoms with E-state index in [2.05, 4.69) is 53.5 Å². The number of ether oxygens (including phenoxy) is 4. The molecule has 0 fully saturated rings. The fraction of sp³-hybridized carbons (Fsp3) is 0.159. The van der Waals surface area contributed by atoms with Crippen molar-refractivity contribution >= 4 is 88.3 Å². The highest BCUT2D eigenvalue weighted by atomic mass is 79.9. The number of hydrogen-bond donors (Lipinski definition) is 5. The van der Waals surface area contributed by atoms with Crippen molar-refractivity contribution in [2.45, 2.75) is 40.2 Å². The van der Waals surface area contributed by atoms with E-state index in [1.165, 1.54) is 0 Å². The predicted molar refractivity (Wildman–Crippen MR) is 333 cm³/mol. The number of benzene rings is 9. The summed E-state index contributed by atoms with van der Waals surface area (Å²) in [6.45, 7) is 2.60. The molecule has 0 heterocycles. The lowest BCUT2D eigenvalue weighted by Gasteiger charge is -2.22. The molecule has 0 atom stereocenters. The number of amides is 2. The Balaban J connectivity index is 0.000000405. The molecule has 0 unspecified atom stereocenters. The Bertz CT molecular complexity index is 3490. The van der Waals surface area contributed by atoms with E-state index in [9.17, 15) is 24.6 Å². The number of halogens is 2. The van der Waals surface area contributed by atoms with Crippen LogP contribution >= 0.6 is 31.9 Å². The summed E-state index contributed by atoms with van der Waals surface area (Å²) in [7, 11) is 6.73. The summed E-state index contributed by atoms with van der Waals surface area (Å²) in [6, 6.07) is 55.7. The summed E-state index contributed by atoms with van der Waals surface area (Å²) in [4.78, 5) is 39.9. The van der Waals surface area contributed by atoms with E-state index in [1.54, 1.807) is 88.1 Å². The Morgan fingerprint density at radius 3 is 1.62 bits per heavy atom. The van der Waals surface area contributed by atoms with Gasteiger partial charge < -0.3 is 67.3 Å². The second-order valence-electron chi connectivity index (χ2n) is 17.3. The third-order valence-corrected chi connectivity index (χ3v) is 13.1. The van der Waals surface area contributed by atoms with Gasteiger partial charge in [-0.1, -0.05) is 144 Å². The van der Waals surface area contributed by atoms with Crippen molar-refractivity contribution in [1.82, 2.24) is 6.15 Å². The van der Waals surface area contributed by atoms with Gasteiger partial charge in [-0.05, 0) is 125 Å². The van der Waals surface area contributed by atoms with E-state index in [1.807, 2.05) is 123 Å². The Hall–Kier alpha value is -8.49. The lowest BCUT2D eigenvalue weighted by Crippen LogP contribution is -2.17. The highest BCUT2D eigenvalue weighted by Crippen LogP contribution is 2.36. The topological polar surface area (TPSA) is 285 Å². The summed E-state index contributed by atoms with van der Waals surface area (Å²) >= 11 is 6.94. The molecule has 9 aromatic rings. The number of phenols is 2. The molecular weight excluding hydrogens is 1160 g/mol. The van der Waals surface area contributed by atoms with Crippen LogP contribution in [-0.4, -0.2) is 72.8 Å². The predicted octanol–water partition coefficient (Wildman–Crippen LogP) is 13.6. The number of para-hydroxylation sites is 7. The van der Waals surface area contributed by atoms with Crippen molar-refractivity contribution in [3.8, 4) is 45.6 Å². The Morgan fingerprint density at radius 1 is 0.543 bits per heavy atom. The van der Waals surface area contributed by atoms with E-state index in [0.717, 1.165) is 65.9 Å². The number of nitrogens with zero attached hydrogens (tertiary/aromatic N) is 1. The second kappa shape index (κ2) is 33.2. The Kier molecular flexibility index (Phi) is 28.1. The number of phenolic OH excluding ortho intramolecular Hbond substituents is 2. The molecule has 2 amide bonds. The molecule has 9 rings (SSSR count). The maximum Gasteiger partial charge on any atom is 0.311 e. The van der Waals surface area contributed by atoms with Gasteiger partial charge in [-0.25, -0.2) is 0 Å². The van der Waals surface area contributed by atoms with E-state index < -0.39 is 5.91 Å². The lowest BCUT2D eigenvalue weighted by molar-refractivity contribution is -0.134. The molecular formula is C63H70Br2N4O12. The number of anilines is 3. The highest BCUT2D eigenvalue weighted by Gasteiger charge is 2.20. The first-order chi connectivity index (χ1) is 36.8. The molecule has 9 aromatic carbocycles. The third kappa shape index (κ3) is 18.0. The van der Waals surface area contributed by atoms with Gasteiger partial charge >= 0.3 is 5.97 Å². The van der Waals surface area contributed by atoms with Gasteiger partial charge in [0.05, 0.1) is 49.5 Å². The molecule has 0 bridgehead atoms. The number of rotatable bonds is 15. The molecule has 16 nitrogen and oxygen atoms in total. The summed E-state index contributed by atoms with van der Waals surface area (Å²) < 4.78 is 23.4. The van der Waals surface area contributed by atoms with Gasteiger partial charge in [-0.15, -0.1) is 0 Å². The minimum absolute atomic E-state index is 0. The molecule has 0 aliphatic carbocycles. The number of aromatic hydroxyl groups is 2. The van der Waals surface area contributed by atoms with Crippen LogP contribution in [0.3, 0.4) is 0 Å². The molecule has 0 radical (unpaired) electrons. The number of methoxy groups -OCH3 is 3. The monoisotopic (exact) mass is 1230 g/mol. The van der Waals surface area contributed by atoms with E-state index in [-0.39, 0.29) is 64.5 Å². The number of carbonyl (C=O) groups excluding carboxylic acids is 3. The van der Waals surface area contributed by atoms with Gasteiger partial charge in [0.1, 0.15) is 34.5 Å². The SMILES string of the molecule is C.CCCCC(=O)Oc1cc2ccc(Br)cc2cc1C(=O)Nc1ccccc1OC.COc1ccccc1N(C)Cc1cc2cc(Br)ccc2cc1O.COc1ccccc1NC(=O)c1cccc(-c2ccccc2)c1O.N.O.O.O. The van der Waals surface area contributed by atoms with Gasteiger partial charge in [-0.3, -0.25) is 14.4 Å². The van der Waals surface area contributed by atoms with Crippen LogP contribution in [0.15, 0.2) is 191 Å². The van der Waals surface area contributed by atoms with Crippen LogP contribution in [-0.2, 0) is 11.3 Å². The minimum atomic E-state index is -0.394. The quantitative estimate of drug-likeness (QED) is 0.0475. The molecule has 13 N–H and O–H groups in total. The van der Waals surface area contributed by atoms with Crippen LogP contribution in [0.5, 0.6) is 34.5 Å². The second-order valence-corrected chi connectivity index (χ2v) is 19.1. The van der Waals surface area contributed by atoms with Gasteiger partial charge in [0, 0.05) is 40.1 Å². The molecule has 0 aliphatic heterocycles. The van der Waals surface area contributed by atoms with Gasteiger partial charge in [0.15, 0.2) is 0 Å². The van der Waals surface area contributed by atoms with Gasteiger partial charge in [0.2, 0.25) is 0 Å². The largest absolute Gasteiger partial charge is 0.508 e. The number of nitrogens with one attached hydrogen (secondary N) is 2. The number of fused-ring (bicyclic) bond motifs is 2. The van der Waals surface area contributed by atoms with Crippen LogP contribution in [0.25, 0.3) is 32.7 Å². The molecule has 0 aliphatic rings. The summed E-state index contributed by atoms with van der Waals surface area (Å²) in [5.74, 6) is 1.30.